The molecule has 0 saturated carbocycles. The highest BCUT2D eigenvalue weighted by Crippen LogP contribution is 2.29. The zero-order valence-electron chi connectivity index (χ0n) is 18.6. The molecule has 0 spiro atoms. The van der Waals surface area contributed by atoms with Crippen molar-refractivity contribution in [3.8, 4) is 17.1 Å². The SMILES string of the molecule is COc1ccc(CN(C)C(=O)C2CCN(Cc3nc(-c4ccc(Cl)cc4Cl)no3)CC2)cc1. The highest BCUT2D eigenvalue weighted by atomic mass is 35.5. The summed E-state index contributed by atoms with van der Waals surface area (Å²) in [7, 11) is 3.50. The van der Waals surface area contributed by atoms with Gasteiger partial charge in [-0.3, -0.25) is 9.69 Å². The van der Waals surface area contributed by atoms with Gasteiger partial charge in [0, 0.05) is 30.1 Å². The van der Waals surface area contributed by atoms with Gasteiger partial charge in [0.2, 0.25) is 17.6 Å². The number of piperidine rings is 1. The topological polar surface area (TPSA) is 71.7 Å². The van der Waals surface area contributed by atoms with E-state index in [0.29, 0.717) is 40.4 Å². The first kappa shape index (κ1) is 23.5. The monoisotopic (exact) mass is 488 g/mol. The van der Waals surface area contributed by atoms with Crippen LogP contribution in [0.4, 0.5) is 0 Å². The number of methoxy groups -OCH3 is 1. The van der Waals surface area contributed by atoms with Gasteiger partial charge in [0.1, 0.15) is 5.75 Å². The molecule has 0 N–H and O–H groups in total. The standard InChI is InChI=1S/C24H26Cl2N4O3/c1-29(14-16-3-6-19(32-2)7-4-16)24(31)17-9-11-30(12-10-17)15-22-27-23(28-33-22)20-8-5-18(25)13-21(20)26/h3-8,13,17H,9-12,14-15H2,1-2H3. The van der Waals surface area contributed by atoms with Crippen molar-refractivity contribution in [1.29, 1.82) is 0 Å². The molecule has 4 rings (SSSR count). The second kappa shape index (κ2) is 10.5. The van der Waals surface area contributed by atoms with E-state index < -0.39 is 0 Å². The molecule has 7 nitrogen and oxygen atoms in total. The molecule has 174 valence electrons. The van der Waals surface area contributed by atoms with Crippen LogP contribution < -0.4 is 4.74 Å². The Morgan fingerprint density at radius 2 is 1.91 bits per heavy atom. The van der Waals surface area contributed by atoms with E-state index >= 15 is 0 Å². The van der Waals surface area contributed by atoms with Gasteiger partial charge in [-0.25, -0.2) is 0 Å². The number of ether oxygens (including phenoxy) is 1. The number of rotatable bonds is 7. The van der Waals surface area contributed by atoms with Crippen molar-refractivity contribution in [1.82, 2.24) is 19.9 Å². The molecule has 0 atom stereocenters. The highest BCUT2D eigenvalue weighted by Gasteiger charge is 2.28. The number of carbonyl (C=O) groups excluding carboxylic acids is 1. The Labute approximate surface area is 203 Å². The molecule has 1 fully saturated rings. The van der Waals surface area contributed by atoms with Gasteiger partial charge >= 0.3 is 0 Å². The molecule has 1 aliphatic heterocycles. The predicted octanol–water partition coefficient (Wildman–Crippen LogP) is 4.92. The molecule has 2 aromatic carbocycles. The van der Waals surface area contributed by atoms with E-state index in [1.165, 1.54) is 0 Å². The number of hydrogen-bond donors (Lipinski definition) is 0. The van der Waals surface area contributed by atoms with E-state index in [4.69, 9.17) is 32.5 Å². The van der Waals surface area contributed by atoms with Crippen LogP contribution in [0.1, 0.15) is 24.3 Å². The number of aromatic nitrogens is 2. The lowest BCUT2D eigenvalue weighted by Gasteiger charge is -2.32. The molecule has 33 heavy (non-hydrogen) atoms. The van der Waals surface area contributed by atoms with Gasteiger partial charge in [0.05, 0.1) is 18.7 Å². The zero-order valence-corrected chi connectivity index (χ0v) is 20.1. The third-order valence-corrected chi connectivity index (χ3v) is 6.44. The number of amides is 1. The van der Waals surface area contributed by atoms with Crippen LogP contribution in [0.5, 0.6) is 5.75 Å². The van der Waals surface area contributed by atoms with Crippen molar-refractivity contribution in [3.05, 3.63) is 64.0 Å². The summed E-state index contributed by atoms with van der Waals surface area (Å²) in [6, 6.07) is 13.0. The molecule has 0 unspecified atom stereocenters. The Morgan fingerprint density at radius 1 is 1.18 bits per heavy atom. The van der Waals surface area contributed by atoms with Crippen LogP contribution in [0.2, 0.25) is 10.0 Å². The first-order chi connectivity index (χ1) is 15.9. The van der Waals surface area contributed by atoms with Gasteiger partial charge in [-0.2, -0.15) is 4.98 Å². The van der Waals surface area contributed by atoms with Gasteiger partial charge in [0.15, 0.2) is 0 Å². The molecule has 1 saturated heterocycles. The van der Waals surface area contributed by atoms with Crippen molar-refractivity contribution >= 4 is 29.1 Å². The maximum absolute atomic E-state index is 12.9. The zero-order chi connectivity index (χ0) is 23.4. The normalized spacial score (nSPS) is 14.9. The second-order valence-corrected chi connectivity index (χ2v) is 9.07. The van der Waals surface area contributed by atoms with Gasteiger partial charge in [-0.05, 0) is 61.8 Å². The van der Waals surface area contributed by atoms with E-state index in [-0.39, 0.29) is 11.8 Å². The van der Waals surface area contributed by atoms with Gasteiger partial charge in [-0.1, -0.05) is 40.5 Å². The van der Waals surface area contributed by atoms with Crippen LogP contribution >= 0.6 is 23.2 Å². The van der Waals surface area contributed by atoms with Gasteiger partial charge in [0.25, 0.3) is 0 Å². The summed E-state index contributed by atoms with van der Waals surface area (Å²) >= 11 is 12.2. The van der Waals surface area contributed by atoms with Crippen LogP contribution in [-0.4, -0.2) is 53.1 Å². The number of carbonyl (C=O) groups is 1. The summed E-state index contributed by atoms with van der Waals surface area (Å²) in [6.45, 7) is 2.72. The third kappa shape index (κ3) is 5.85. The Kier molecular flexibility index (Phi) is 7.53. The molecule has 0 bridgehead atoms. The van der Waals surface area contributed by atoms with Crippen molar-refractivity contribution in [2.75, 3.05) is 27.2 Å². The van der Waals surface area contributed by atoms with Crippen LogP contribution in [-0.2, 0) is 17.9 Å². The minimum absolute atomic E-state index is 0.0237. The summed E-state index contributed by atoms with van der Waals surface area (Å²) in [6.07, 6.45) is 1.60. The Bertz CT molecular complexity index is 1100. The summed E-state index contributed by atoms with van der Waals surface area (Å²) in [4.78, 5) is 21.4. The summed E-state index contributed by atoms with van der Waals surface area (Å²) in [5.74, 6) is 1.98. The molecular formula is C24H26Cl2N4O3. The second-order valence-electron chi connectivity index (χ2n) is 8.23. The summed E-state index contributed by atoms with van der Waals surface area (Å²) < 4.78 is 10.6. The van der Waals surface area contributed by atoms with Crippen molar-refractivity contribution in [2.24, 2.45) is 5.92 Å². The van der Waals surface area contributed by atoms with Crippen molar-refractivity contribution in [3.63, 3.8) is 0 Å². The molecule has 1 aromatic heterocycles. The minimum atomic E-state index is 0.0237. The lowest BCUT2D eigenvalue weighted by Crippen LogP contribution is -2.40. The average molecular weight is 489 g/mol. The quantitative estimate of drug-likeness (QED) is 0.469. The number of hydrogen-bond acceptors (Lipinski definition) is 6. The van der Waals surface area contributed by atoms with E-state index in [2.05, 4.69) is 15.0 Å². The van der Waals surface area contributed by atoms with E-state index in [1.807, 2.05) is 36.2 Å². The van der Waals surface area contributed by atoms with Crippen LogP contribution in [0.3, 0.4) is 0 Å². The van der Waals surface area contributed by atoms with Gasteiger partial charge < -0.3 is 14.2 Å². The smallest absolute Gasteiger partial charge is 0.241 e. The fourth-order valence-electron chi connectivity index (χ4n) is 4.02. The number of likely N-dealkylation sites (tertiary alicyclic amines) is 1. The summed E-state index contributed by atoms with van der Waals surface area (Å²) in [5.41, 5.74) is 1.76. The third-order valence-electron chi connectivity index (χ3n) is 5.89. The largest absolute Gasteiger partial charge is 0.497 e. The molecule has 0 radical (unpaired) electrons. The van der Waals surface area contributed by atoms with E-state index in [0.717, 1.165) is 37.2 Å². The summed E-state index contributed by atoms with van der Waals surface area (Å²) in [5, 5.41) is 5.09. The maximum Gasteiger partial charge on any atom is 0.241 e. The molecular weight excluding hydrogens is 463 g/mol. The van der Waals surface area contributed by atoms with Crippen LogP contribution in [0.15, 0.2) is 47.0 Å². The molecule has 1 aliphatic rings. The minimum Gasteiger partial charge on any atom is -0.497 e. The number of halogens is 2. The van der Waals surface area contributed by atoms with Crippen molar-refractivity contribution < 1.29 is 14.1 Å². The molecule has 3 aromatic rings. The fourth-order valence-corrected chi connectivity index (χ4v) is 4.52. The lowest BCUT2D eigenvalue weighted by atomic mass is 9.95. The maximum atomic E-state index is 12.9. The number of nitrogens with zero attached hydrogens (tertiary/aromatic N) is 4. The first-order valence-electron chi connectivity index (χ1n) is 10.8. The average Bonchev–Trinajstić information content (AvgIpc) is 3.27. The molecule has 0 aliphatic carbocycles. The lowest BCUT2D eigenvalue weighted by molar-refractivity contribution is -0.136. The predicted molar refractivity (Wildman–Crippen MR) is 127 cm³/mol. The number of benzene rings is 2. The Balaban J connectivity index is 1.28. The van der Waals surface area contributed by atoms with Gasteiger partial charge in [-0.15, -0.1) is 0 Å². The molecule has 9 heteroatoms. The van der Waals surface area contributed by atoms with E-state index in [1.54, 1.807) is 25.3 Å². The first-order valence-corrected chi connectivity index (χ1v) is 11.6. The molecule has 1 amide bonds. The van der Waals surface area contributed by atoms with Crippen molar-refractivity contribution in [2.45, 2.75) is 25.9 Å². The van der Waals surface area contributed by atoms with E-state index in [9.17, 15) is 4.79 Å². The Hall–Kier alpha value is -2.61. The fraction of sp³-hybridized carbons (Fsp3) is 0.375. The highest BCUT2D eigenvalue weighted by molar-refractivity contribution is 6.36. The molecule has 2 heterocycles. The van der Waals surface area contributed by atoms with Crippen LogP contribution in [0, 0.1) is 5.92 Å². The Morgan fingerprint density at radius 3 is 2.58 bits per heavy atom. The van der Waals surface area contributed by atoms with Crippen LogP contribution in [0.25, 0.3) is 11.4 Å².